The zero-order valence-electron chi connectivity index (χ0n) is 26.1. The molecule has 0 N–H and O–H groups in total. The average Bonchev–Trinajstić information content (AvgIpc) is 3.61. The summed E-state index contributed by atoms with van der Waals surface area (Å²) in [5.74, 6) is 5.21. The molecule has 5 aliphatic carbocycles. The van der Waals surface area contributed by atoms with E-state index >= 15 is 0 Å². The Kier molecular flexibility index (Phi) is 5.22. The van der Waals surface area contributed by atoms with Crippen LogP contribution in [0, 0.1) is 23.7 Å². The Morgan fingerprint density at radius 2 is 1.19 bits per heavy atom. The van der Waals surface area contributed by atoms with Crippen molar-refractivity contribution in [3.8, 4) is 40.0 Å². The largest absolute Gasteiger partial charge is 0.278 e. The summed E-state index contributed by atoms with van der Waals surface area (Å²) in [6.07, 6.45) is 8.86. The van der Waals surface area contributed by atoms with E-state index in [4.69, 9.17) is 19.9 Å². The van der Waals surface area contributed by atoms with Gasteiger partial charge in [0.25, 0.3) is 0 Å². The molecule has 5 nitrogen and oxygen atoms in total. The number of hydrogen-bond donors (Lipinski definition) is 0. The predicted molar refractivity (Wildman–Crippen MR) is 186 cm³/mol. The van der Waals surface area contributed by atoms with Crippen LogP contribution in [-0.2, 0) is 5.41 Å². The van der Waals surface area contributed by atoms with Gasteiger partial charge in [-0.2, -0.15) is 9.97 Å². The minimum atomic E-state index is 0.0906. The van der Waals surface area contributed by atoms with Crippen LogP contribution in [0.15, 0.2) is 115 Å². The van der Waals surface area contributed by atoms with Crippen molar-refractivity contribution in [1.82, 2.24) is 24.5 Å². The second-order valence-corrected chi connectivity index (χ2v) is 14.4. The number of fused-ring (bicyclic) bond motifs is 6. The number of rotatable bonds is 3. The van der Waals surface area contributed by atoms with Gasteiger partial charge in [0.2, 0.25) is 5.95 Å². The van der Waals surface area contributed by atoms with Gasteiger partial charge < -0.3 is 0 Å². The summed E-state index contributed by atoms with van der Waals surface area (Å²) < 4.78 is 2.19. The summed E-state index contributed by atoms with van der Waals surface area (Å²) in [5, 5.41) is 2.38. The third-order valence-electron chi connectivity index (χ3n) is 12.1. The lowest BCUT2D eigenvalue weighted by Crippen LogP contribution is -2.55. The Hall–Kier alpha value is -5.16. The molecule has 0 saturated heterocycles. The SMILES string of the molecule is c1ccc(-c2nc(-c3ccc4c(c3)-c3ncccc3C43C4CC5CC(C4)CC3C5)nc(-n3c4ccccc4c4ccccc43)n2)cc1. The third-order valence-corrected chi connectivity index (χ3v) is 12.1. The molecule has 47 heavy (non-hydrogen) atoms. The first-order valence-corrected chi connectivity index (χ1v) is 17.2. The maximum Gasteiger partial charge on any atom is 0.238 e. The normalized spacial score (nSPS) is 25.1. The molecular formula is C42H33N5. The summed E-state index contributed by atoms with van der Waals surface area (Å²) in [6.45, 7) is 0. The van der Waals surface area contributed by atoms with Crippen LogP contribution in [0.4, 0.5) is 0 Å². The van der Waals surface area contributed by atoms with Gasteiger partial charge in [-0.25, -0.2) is 4.98 Å². The van der Waals surface area contributed by atoms with Gasteiger partial charge in [-0.15, -0.1) is 0 Å². The van der Waals surface area contributed by atoms with Crippen LogP contribution in [0.3, 0.4) is 0 Å². The smallest absolute Gasteiger partial charge is 0.238 e. The van der Waals surface area contributed by atoms with Gasteiger partial charge in [-0.05, 0) is 91.2 Å². The molecule has 0 amide bonds. The predicted octanol–water partition coefficient (Wildman–Crippen LogP) is 9.42. The first-order valence-electron chi connectivity index (χ1n) is 17.2. The molecule has 5 heteroatoms. The quantitative estimate of drug-likeness (QED) is 0.201. The number of benzene rings is 4. The molecule has 12 rings (SSSR count). The van der Waals surface area contributed by atoms with Gasteiger partial charge in [-0.1, -0.05) is 84.9 Å². The highest BCUT2D eigenvalue weighted by Crippen LogP contribution is 2.69. The number of para-hydroxylation sites is 2. The van der Waals surface area contributed by atoms with Crippen LogP contribution in [0.2, 0.25) is 0 Å². The Balaban J connectivity index is 1.14. The summed E-state index contributed by atoms with van der Waals surface area (Å²) >= 11 is 0. The van der Waals surface area contributed by atoms with Gasteiger partial charge in [0.1, 0.15) is 0 Å². The Labute approximate surface area is 273 Å². The van der Waals surface area contributed by atoms with Crippen LogP contribution in [0.25, 0.3) is 61.8 Å². The van der Waals surface area contributed by atoms with Crippen molar-refractivity contribution in [1.29, 1.82) is 0 Å². The highest BCUT2D eigenvalue weighted by atomic mass is 15.2. The molecule has 7 aromatic rings. The van der Waals surface area contributed by atoms with Crippen LogP contribution in [0.5, 0.6) is 0 Å². The molecule has 4 aromatic carbocycles. The van der Waals surface area contributed by atoms with E-state index in [-0.39, 0.29) is 5.41 Å². The molecule has 4 saturated carbocycles. The average molecular weight is 608 g/mol. The Morgan fingerprint density at radius 1 is 0.553 bits per heavy atom. The molecule has 226 valence electrons. The lowest BCUT2D eigenvalue weighted by atomic mass is 9.43. The molecule has 3 aromatic heterocycles. The Bertz CT molecular complexity index is 2310. The summed E-state index contributed by atoms with van der Waals surface area (Å²) in [4.78, 5) is 20.6. The van der Waals surface area contributed by atoms with Crippen LogP contribution in [-0.4, -0.2) is 24.5 Å². The van der Waals surface area contributed by atoms with E-state index < -0.39 is 0 Å². The zero-order chi connectivity index (χ0) is 30.7. The summed E-state index contributed by atoms with van der Waals surface area (Å²) in [6, 6.07) is 38.9. The second-order valence-electron chi connectivity index (χ2n) is 14.4. The maximum absolute atomic E-state index is 5.25. The van der Waals surface area contributed by atoms with Crippen molar-refractivity contribution in [2.75, 3.05) is 0 Å². The fourth-order valence-electron chi connectivity index (χ4n) is 10.6. The first-order chi connectivity index (χ1) is 23.3. The molecule has 4 fully saturated rings. The monoisotopic (exact) mass is 607 g/mol. The van der Waals surface area contributed by atoms with Gasteiger partial charge in [-0.3, -0.25) is 9.55 Å². The molecule has 0 atom stereocenters. The fraction of sp³-hybridized carbons (Fsp3) is 0.238. The summed E-state index contributed by atoms with van der Waals surface area (Å²) in [7, 11) is 0. The number of nitrogens with zero attached hydrogens (tertiary/aromatic N) is 5. The standard InChI is InChI=1S/C42H33N5/c1-2-9-27(10-3-1)39-44-40(46-41(45-39)47-36-14-6-4-11-31(36)32-12-5-7-15-37(32)47)28-16-17-34-33(24-28)38-35(13-8-18-43-38)42(34)29-20-25-19-26(22-29)23-30(42)21-25/h1-18,24-26,29-30H,19-23H2. The summed E-state index contributed by atoms with van der Waals surface area (Å²) in [5.41, 5.74) is 9.62. The van der Waals surface area contributed by atoms with Crippen LogP contribution < -0.4 is 0 Å². The van der Waals surface area contributed by atoms with Crippen LogP contribution in [0.1, 0.15) is 43.2 Å². The molecule has 0 radical (unpaired) electrons. The fourth-order valence-corrected chi connectivity index (χ4v) is 10.6. The minimum absolute atomic E-state index is 0.0906. The van der Waals surface area contributed by atoms with Crippen molar-refractivity contribution >= 4 is 21.8 Å². The van der Waals surface area contributed by atoms with E-state index in [1.54, 1.807) is 0 Å². The number of aromatic nitrogens is 5. The van der Waals surface area contributed by atoms with Crippen molar-refractivity contribution in [3.05, 3.63) is 127 Å². The lowest BCUT2D eigenvalue weighted by molar-refractivity contribution is -0.0400. The topological polar surface area (TPSA) is 56.5 Å². The van der Waals surface area contributed by atoms with Gasteiger partial charge in [0.15, 0.2) is 11.6 Å². The molecule has 3 heterocycles. The third kappa shape index (κ3) is 3.49. The molecule has 0 unspecified atom stereocenters. The highest BCUT2D eigenvalue weighted by Gasteiger charge is 2.61. The highest BCUT2D eigenvalue weighted by molar-refractivity contribution is 6.09. The van der Waals surface area contributed by atoms with Gasteiger partial charge in [0.05, 0.1) is 16.7 Å². The van der Waals surface area contributed by atoms with Crippen molar-refractivity contribution in [3.63, 3.8) is 0 Å². The number of pyridine rings is 1. The van der Waals surface area contributed by atoms with E-state index in [1.165, 1.54) is 59.6 Å². The van der Waals surface area contributed by atoms with Crippen LogP contribution >= 0.6 is 0 Å². The van der Waals surface area contributed by atoms with E-state index in [0.29, 0.717) is 29.4 Å². The molecule has 1 spiro atoms. The number of hydrogen-bond acceptors (Lipinski definition) is 4. The zero-order valence-corrected chi connectivity index (χ0v) is 26.1. The van der Waals surface area contributed by atoms with Gasteiger partial charge >= 0.3 is 0 Å². The Morgan fingerprint density at radius 3 is 1.89 bits per heavy atom. The van der Waals surface area contributed by atoms with Crippen molar-refractivity contribution in [2.45, 2.75) is 37.5 Å². The maximum atomic E-state index is 5.25. The van der Waals surface area contributed by atoms with E-state index in [1.807, 2.05) is 24.4 Å². The van der Waals surface area contributed by atoms with E-state index in [2.05, 4.69) is 95.6 Å². The molecule has 0 aliphatic heterocycles. The molecule has 5 aliphatic rings. The van der Waals surface area contributed by atoms with Gasteiger partial charge in [0, 0.05) is 39.1 Å². The lowest BCUT2D eigenvalue weighted by Gasteiger charge is -2.61. The molecule has 4 bridgehead atoms. The molecular weight excluding hydrogens is 574 g/mol. The van der Waals surface area contributed by atoms with E-state index in [9.17, 15) is 0 Å². The second kappa shape index (κ2) is 9.45. The minimum Gasteiger partial charge on any atom is -0.278 e. The van der Waals surface area contributed by atoms with Crippen molar-refractivity contribution in [2.24, 2.45) is 23.7 Å². The van der Waals surface area contributed by atoms with E-state index in [0.717, 1.165) is 39.7 Å². The van der Waals surface area contributed by atoms with Crippen molar-refractivity contribution < 1.29 is 0 Å². The first kappa shape index (κ1) is 26.0.